The Kier molecular flexibility index (Phi) is 3.56. The Labute approximate surface area is 85.8 Å². The third-order valence-corrected chi connectivity index (χ3v) is 5.04. The van der Waals surface area contributed by atoms with Gasteiger partial charge < -0.3 is 5.73 Å². The van der Waals surface area contributed by atoms with Gasteiger partial charge in [-0.3, -0.25) is 0 Å². The summed E-state index contributed by atoms with van der Waals surface area (Å²) in [4.78, 5) is 0. The molecule has 2 aliphatic rings. The molecule has 2 unspecified atom stereocenters. The molecule has 1 aliphatic heterocycles. The number of hydrogen-bond acceptors (Lipinski definition) is 2. The molecule has 0 radical (unpaired) electrons. The third kappa shape index (κ3) is 2.21. The molecule has 2 atom stereocenters. The lowest BCUT2D eigenvalue weighted by atomic mass is 9.80. The Morgan fingerprint density at radius 3 is 2.46 bits per heavy atom. The first-order valence-corrected chi connectivity index (χ1v) is 6.85. The Balaban J connectivity index is 1.90. The highest BCUT2D eigenvalue weighted by atomic mass is 32.2. The molecule has 0 bridgehead atoms. The van der Waals surface area contributed by atoms with Crippen molar-refractivity contribution in [3.8, 4) is 0 Å². The molecule has 0 aromatic carbocycles. The Hall–Kier alpha value is 0.310. The molecule has 2 rings (SSSR count). The molecule has 1 saturated carbocycles. The monoisotopic (exact) mass is 199 g/mol. The molecule has 1 aliphatic carbocycles. The summed E-state index contributed by atoms with van der Waals surface area (Å²) >= 11 is 2.13. The van der Waals surface area contributed by atoms with E-state index in [1.807, 2.05) is 0 Å². The Morgan fingerprint density at radius 1 is 1.15 bits per heavy atom. The lowest BCUT2D eigenvalue weighted by molar-refractivity contribution is 0.255. The molecule has 2 heteroatoms. The van der Waals surface area contributed by atoms with Gasteiger partial charge in [0, 0.05) is 0 Å². The van der Waals surface area contributed by atoms with Gasteiger partial charge in [-0.05, 0) is 42.2 Å². The molecular formula is C11H21NS. The molecule has 2 fully saturated rings. The van der Waals surface area contributed by atoms with Crippen LogP contribution in [0.25, 0.3) is 0 Å². The lowest BCUT2D eigenvalue weighted by Gasteiger charge is -2.27. The molecule has 76 valence electrons. The van der Waals surface area contributed by atoms with Crippen LogP contribution in [0.15, 0.2) is 0 Å². The van der Waals surface area contributed by atoms with E-state index in [9.17, 15) is 0 Å². The standard InChI is InChI=1S/C11H21NS/c12-7-11(9-3-1-2-4-9)10-5-6-13-8-10/h9-11H,1-8,12H2. The van der Waals surface area contributed by atoms with Gasteiger partial charge in [-0.1, -0.05) is 25.7 Å². The van der Waals surface area contributed by atoms with Crippen LogP contribution in [0.5, 0.6) is 0 Å². The van der Waals surface area contributed by atoms with Gasteiger partial charge in [0.05, 0.1) is 0 Å². The molecule has 0 aromatic rings. The zero-order valence-corrected chi connectivity index (χ0v) is 9.19. The predicted molar refractivity (Wildman–Crippen MR) is 59.9 cm³/mol. The highest BCUT2D eigenvalue weighted by molar-refractivity contribution is 7.99. The fraction of sp³-hybridized carbons (Fsp3) is 1.00. The first kappa shape index (κ1) is 9.85. The minimum atomic E-state index is 0.859. The number of nitrogens with two attached hydrogens (primary N) is 1. The molecule has 1 nitrogen and oxygen atoms in total. The quantitative estimate of drug-likeness (QED) is 0.756. The average molecular weight is 199 g/mol. The Bertz CT molecular complexity index is 132. The van der Waals surface area contributed by atoms with Crippen molar-refractivity contribution >= 4 is 11.8 Å². The van der Waals surface area contributed by atoms with Crippen LogP contribution in [0, 0.1) is 17.8 Å². The van der Waals surface area contributed by atoms with E-state index in [2.05, 4.69) is 11.8 Å². The van der Waals surface area contributed by atoms with Crippen LogP contribution in [-0.4, -0.2) is 18.1 Å². The van der Waals surface area contributed by atoms with Crippen molar-refractivity contribution in [1.82, 2.24) is 0 Å². The summed E-state index contributed by atoms with van der Waals surface area (Å²) in [6.07, 6.45) is 7.27. The molecule has 0 amide bonds. The van der Waals surface area contributed by atoms with E-state index in [0.29, 0.717) is 0 Å². The normalized spacial score (nSPS) is 32.5. The first-order valence-electron chi connectivity index (χ1n) is 5.69. The van der Waals surface area contributed by atoms with Gasteiger partial charge in [0.2, 0.25) is 0 Å². The zero-order valence-electron chi connectivity index (χ0n) is 8.37. The highest BCUT2D eigenvalue weighted by Gasteiger charge is 2.32. The second kappa shape index (κ2) is 4.70. The van der Waals surface area contributed by atoms with Crippen LogP contribution in [0.4, 0.5) is 0 Å². The first-order chi connectivity index (χ1) is 6.42. The van der Waals surface area contributed by atoms with Gasteiger partial charge in [-0.15, -0.1) is 0 Å². The molecular weight excluding hydrogens is 178 g/mol. The van der Waals surface area contributed by atoms with Crippen LogP contribution in [0.3, 0.4) is 0 Å². The summed E-state index contributed by atoms with van der Waals surface area (Å²) in [5, 5.41) is 0. The summed E-state index contributed by atoms with van der Waals surface area (Å²) in [7, 11) is 0. The second-order valence-corrected chi connectivity index (χ2v) is 5.72. The number of rotatable bonds is 3. The molecule has 13 heavy (non-hydrogen) atoms. The minimum Gasteiger partial charge on any atom is -0.330 e. The van der Waals surface area contributed by atoms with Crippen molar-refractivity contribution in [1.29, 1.82) is 0 Å². The SMILES string of the molecule is NCC(C1CCCC1)C1CCSC1. The maximum Gasteiger partial charge on any atom is -0.00356 e. The van der Waals surface area contributed by atoms with E-state index in [4.69, 9.17) is 5.73 Å². The zero-order chi connectivity index (χ0) is 9.10. The molecule has 0 aromatic heterocycles. The fourth-order valence-electron chi connectivity index (χ4n) is 3.05. The van der Waals surface area contributed by atoms with Gasteiger partial charge in [0.15, 0.2) is 0 Å². The lowest BCUT2D eigenvalue weighted by Crippen LogP contribution is -2.29. The summed E-state index contributed by atoms with van der Waals surface area (Å²) < 4.78 is 0. The van der Waals surface area contributed by atoms with Crippen molar-refractivity contribution in [3.05, 3.63) is 0 Å². The second-order valence-electron chi connectivity index (χ2n) is 4.57. The maximum absolute atomic E-state index is 5.92. The van der Waals surface area contributed by atoms with Gasteiger partial charge >= 0.3 is 0 Å². The minimum absolute atomic E-state index is 0.859. The van der Waals surface area contributed by atoms with Crippen LogP contribution >= 0.6 is 11.8 Å². The smallest absolute Gasteiger partial charge is 0.00356 e. The number of hydrogen-bond donors (Lipinski definition) is 1. The average Bonchev–Trinajstić information content (AvgIpc) is 2.76. The third-order valence-electron chi connectivity index (χ3n) is 3.85. The largest absolute Gasteiger partial charge is 0.330 e. The van der Waals surface area contributed by atoms with Crippen LogP contribution in [0.1, 0.15) is 32.1 Å². The van der Waals surface area contributed by atoms with Gasteiger partial charge in [-0.25, -0.2) is 0 Å². The van der Waals surface area contributed by atoms with E-state index in [0.717, 1.165) is 24.3 Å². The van der Waals surface area contributed by atoms with Crippen LogP contribution < -0.4 is 5.73 Å². The topological polar surface area (TPSA) is 26.0 Å². The molecule has 0 spiro atoms. The maximum atomic E-state index is 5.92. The van der Waals surface area contributed by atoms with Crippen molar-refractivity contribution in [3.63, 3.8) is 0 Å². The molecule has 1 saturated heterocycles. The van der Waals surface area contributed by atoms with Crippen molar-refractivity contribution in [2.45, 2.75) is 32.1 Å². The van der Waals surface area contributed by atoms with Gasteiger partial charge in [-0.2, -0.15) is 11.8 Å². The van der Waals surface area contributed by atoms with Crippen molar-refractivity contribution in [2.24, 2.45) is 23.5 Å². The van der Waals surface area contributed by atoms with Gasteiger partial charge in [0.25, 0.3) is 0 Å². The van der Waals surface area contributed by atoms with Crippen LogP contribution in [0.2, 0.25) is 0 Å². The van der Waals surface area contributed by atoms with E-state index in [1.165, 1.54) is 43.6 Å². The summed E-state index contributed by atoms with van der Waals surface area (Å²) in [5.41, 5.74) is 5.92. The fourth-order valence-corrected chi connectivity index (χ4v) is 4.40. The van der Waals surface area contributed by atoms with Crippen molar-refractivity contribution < 1.29 is 0 Å². The van der Waals surface area contributed by atoms with Gasteiger partial charge in [0.1, 0.15) is 0 Å². The summed E-state index contributed by atoms with van der Waals surface area (Å²) in [6.45, 7) is 0.940. The highest BCUT2D eigenvalue weighted by Crippen LogP contribution is 2.39. The molecule has 1 heterocycles. The number of thioether (sulfide) groups is 1. The summed E-state index contributed by atoms with van der Waals surface area (Å²) in [5.74, 6) is 5.57. The van der Waals surface area contributed by atoms with Crippen LogP contribution in [-0.2, 0) is 0 Å². The van der Waals surface area contributed by atoms with E-state index in [1.54, 1.807) is 0 Å². The van der Waals surface area contributed by atoms with E-state index >= 15 is 0 Å². The van der Waals surface area contributed by atoms with Crippen molar-refractivity contribution in [2.75, 3.05) is 18.1 Å². The molecule has 2 N–H and O–H groups in total. The Morgan fingerprint density at radius 2 is 1.92 bits per heavy atom. The van der Waals surface area contributed by atoms with E-state index < -0.39 is 0 Å². The van der Waals surface area contributed by atoms with E-state index in [-0.39, 0.29) is 0 Å². The predicted octanol–water partition coefficient (Wildman–Crippen LogP) is 2.50. The summed E-state index contributed by atoms with van der Waals surface area (Å²) in [6, 6.07) is 0.